The van der Waals surface area contributed by atoms with Crippen LogP contribution >= 0.6 is 0 Å². The number of carbonyl (C=O) groups excluding carboxylic acids is 1. The van der Waals surface area contributed by atoms with Crippen molar-refractivity contribution in [2.45, 2.75) is 32.1 Å². The highest BCUT2D eigenvalue weighted by Gasteiger charge is 2.32. The van der Waals surface area contributed by atoms with Gasteiger partial charge in [0.1, 0.15) is 11.5 Å². The van der Waals surface area contributed by atoms with Crippen molar-refractivity contribution in [3.05, 3.63) is 65.5 Å². The summed E-state index contributed by atoms with van der Waals surface area (Å²) in [5.74, 6) is 1.56. The maximum Gasteiger partial charge on any atom is 0.185 e. The molecule has 3 aromatic heterocycles. The molecule has 0 aliphatic heterocycles. The number of carbonyl (C=O) groups is 1. The maximum absolute atomic E-state index is 12.7. The van der Waals surface area contributed by atoms with E-state index >= 15 is 0 Å². The first-order valence-electron chi connectivity index (χ1n) is 9.67. The minimum absolute atomic E-state index is 0.0175. The van der Waals surface area contributed by atoms with E-state index in [2.05, 4.69) is 17.1 Å². The number of rotatable bonds is 4. The van der Waals surface area contributed by atoms with Crippen LogP contribution in [0.5, 0.6) is 5.75 Å². The van der Waals surface area contributed by atoms with E-state index in [9.17, 15) is 4.79 Å². The molecule has 0 amide bonds. The second-order valence-electron chi connectivity index (χ2n) is 7.18. The first-order chi connectivity index (χ1) is 14.2. The molecule has 1 atom stereocenters. The van der Waals surface area contributed by atoms with Crippen LogP contribution in [-0.2, 0) is 12.8 Å². The van der Waals surface area contributed by atoms with Gasteiger partial charge in [0.2, 0.25) is 0 Å². The number of ether oxygens (including phenoxy) is 1. The third-order valence-electron chi connectivity index (χ3n) is 5.50. The van der Waals surface area contributed by atoms with Crippen molar-refractivity contribution in [1.82, 2.24) is 19.8 Å². The van der Waals surface area contributed by atoms with Crippen molar-refractivity contribution in [3.8, 4) is 16.9 Å². The van der Waals surface area contributed by atoms with E-state index in [0.29, 0.717) is 24.2 Å². The molecule has 0 bridgehead atoms. The summed E-state index contributed by atoms with van der Waals surface area (Å²) >= 11 is 0. The summed E-state index contributed by atoms with van der Waals surface area (Å²) in [4.78, 5) is 12.7. The molecular weight excluding hydrogens is 368 g/mol. The number of ketones is 1. The zero-order chi connectivity index (χ0) is 20.0. The average Bonchev–Trinajstić information content (AvgIpc) is 3.41. The molecule has 7 nitrogen and oxygen atoms in total. The number of hydrogen-bond donors (Lipinski definition) is 0. The Morgan fingerprint density at radius 1 is 1.17 bits per heavy atom. The van der Waals surface area contributed by atoms with Crippen molar-refractivity contribution in [2.75, 3.05) is 7.11 Å². The number of hydrogen-bond acceptors (Lipinski definition) is 6. The van der Waals surface area contributed by atoms with Gasteiger partial charge >= 0.3 is 0 Å². The number of fused-ring (bicyclic) bond motifs is 3. The van der Waals surface area contributed by atoms with Crippen LogP contribution in [0.3, 0.4) is 0 Å². The third kappa shape index (κ3) is 2.81. The predicted octanol–water partition coefficient (Wildman–Crippen LogP) is 3.87. The van der Waals surface area contributed by atoms with Gasteiger partial charge in [0.25, 0.3) is 0 Å². The summed E-state index contributed by atoms with van der Waals surface area (Å²) in [7, 11) is 1.64. The topological polar surface area (TPSA) is 82.5 Å². The van der Waals surface area contributed by atoms with Crippen LogP contribution in [0.2, 0.25) is 0 Å². The van der Waals surface area contributed by atoms with Crippen LogP contribution in [-0.4, -0.2) is 32.7 Å². The molecule has 0 saturated carbocycles. The van der Waals surface area contributed by atoms with E-state index in [-0.39, 0.29) is 11.7 Å². The van der Waals surface area contributed by atoms with Crippen LogP contribution < -0.4 is 4.74 Å². The lowest BCUT2D eigenvalue weighted by molar-refractivity contribution is 0.0951. The van der Waals surface area contributed by atoms with E-state index in [0.717, 1.165) is 40.4 Å². The number of furan rings is 1. The zero-order valence-electron chi connectivity index (χ0n) is 16.3. The van der Waals surface area contributed by atoms with Crippen LogP contribution in [0, 0.1) is 0 Å². The molecule has 3 heterocycles. The Bertz CT molecular complexity index is 1190. The van der Waals surface area contributed by atoms with E-state index in [1.54, 1.807) is 17.9 Å². The molecule has 0 radical (unpaired) electrons. The minimum atomic E-state index is -0.0263. The van der Waals surface area contributed by atoms with Crippen molar-refractivity contribution < 1.29 is 13.9 Å². The fraction of sp³-hybridized carbons (Fsp3) is 0.273. The lowest BCUT2D eigenvalue weighted by Crippen LogP contribution is -2.24. The molecule has 146 valence electrons. The number of benzene rings is 1. The number of Topliss-reactive ketones (excluding diaryl/α,β-unsaturated/α-hetero) is 1. The summed E-state index contributed by atoms with van der Waals surface area (Å²) in [6.07, 6.45) is 3.39. The van der Waals surface area contributed by atoms with E-state index in [4.69, 9.17) is 14.3 Å². The monoisotopic (exact) mass is 388 g/mol. The smallest absolute Gasteiger partial charge is 0.185 e. The van der Waals surface area contributed by atoms with Crippen molar-refractivity contribution in [1.29, 1.82) is 0 Å². The Labute approximate surface area is 167 Å². The summed E-state index contributed by atoms with van der Waals surface area (Å²) in [5, 5.41) is 13.5. The van der Waals surface area contributed by atoms with Gasteiger partial charge < -0.3 is 9.15 Å². The van der Waals surface area contributed by atoms with Gasteiger partial charge in [-0.15, -0.1) is 10.2 Å². The number of aromatic nitrogens is 4. The molecule has 7 heteroatoms. The summed E-state index contributed by atoms with van der Waals surface area (Å²) in [6, 6.07) is 11.6. The Hall–Kier alpha value is -3.48. The summed E-state index contributed by atoms with van der Waals surface area (Å²) in [5.41, 5.74) is 4.73. The third-order valence-corrected chi connectivity index (χ3v) is 5.50. The van der Waals surface area contributed by atoms with Gasteiger partial charge in [0.05, 0.1) is 30.3 Å². The van der Waals surface area contributed by atoms with Gasteiger partial charge in [-0.05, 0) is 36.2 Å². The van der Waals surface area contributed by atoms with Gasteiger partial charge in [0.15, 0.2) is 17.1 Å². The highest BCUT2D eigenvalue weighted by Crippen LogP contribution is 2.35. The van der Waals surface area contributed by atoms with Gasteiger partial charge in [-0.1, -0.05) is 19.1 Å². The molecule has 5 rings (SSSR count). The number of methoxy groups -OCH3 is 1. The largest absolute Gasteiger partial charge is 0.497 e. The first-order valence-corrected chi connectivity index (χ1v) is 9.67. The predicted molar refractivity (Wildman–Crippen MR) is 106 cm³/mol. The Morgan fingerprint density at radius 2 is 2.00 bits per heavy atom. The Balaban J connectivity index is 1.68. The van der Waals surface area contributed by atoms with E-state index in [1.165, 1.54) is 0 Å². The van der Waals surface area contributed by atoms with E-state index in [1.807, 2.05) is 36.4 Å². The van der Waals surface area contributed by atoms with Crippen LogP contribution in [0.1, 0.15) is 46.9 Å². The number of aryl methyl sites for hydroxylation is 1. The molecule has 0 fully saturated rings. The summed E-state index contributed by atoms with van der Waals surface area (Å²) in [6.45, 7) is 2.06. The molecule has 1 aromatic carbocycles. The normalized spacial score (nSPS) is 16.2. The fourth-order valence-electron chi connectivity index (χ4n) is 4.04. The SMILES string of the molecule is CCc1nn2c3c(nnc2c1-c1ccc(OC)cc1)C(=O)CC(c1ccco1)C3. The Kier molecular flexibility index (Phi) is 4.16. The molecule has 0 saturated heterocycles. The van der Waals surface area contributed by atoms with Gasteiger partial charge in [-0.2, -0.15) is 5.10 Å². The molecule has 0 spiro atoms. The Morgan fingerprint density at radius 3 is 2.69 bits per heavy atom. The fourth-order valence-corrected chi connectivity index (χ4v) is 4.04. The molecular formula is C22H20N4O3. The molecule has 1 aliphatic rings. The number of nitrogens with zero attached hydrogens (tertiary/aromatic N) is 4. The van der Waals surface area contributed by atoms with Crippen LogP contribution in [0.15, 0.2) is 47.1 Å². The second kappa shape index (κ2) is 6.84. The zero-order valence-corrected chi connectivity index (χ0v) is 16.3. The molecule has 0 N–H and O–H groups in total. The van der Waals surface area contributed by atoms with Crippen LogP contribution in [0.25, 0.3) is 16.8 Å². The van der Waals surface area contributed by atoms with Crippen molar-refractivity contribution in [2.24, 2.45) is 0 Å². The average molecular weight is 388 g/mol. The minimum Gasteiger partial charge on any atom is -0.497 e. The van der Waals surface area contributed by atoms with Crippen molar-refractivity contribution >= 4 is 11.4 Å². The lowest BCUT2D eigenvalue weighted by Gasteiger charge is -2.21. The highest BCUT2D eigenvalue weighted by atomic mass is 16.5. The molecule has 1 unspecified atom stereocenters. The van der Waals surface area contributed by atoms with E-state index < -0.39 is 0 Å². The standard InChI is InChI=1S/C22H20N4O3/c1-3-16-20(13-6-8-15(28-2)9-7-13)22-24-23-21-17(26(22)25-16)11-14(12-18(21)27)19-5-4-10-29-19/h4-10,14H,3,11-12H2,1-2H3. The van der Waals surface area contributed by atoms with Crippen LogP contribution in [0.4, 0.5) is 0 Å². The highest BCUT2D eigenvalue weighted by molar-refractivity contribution is 5.97. The first kappa shape index (κ1) is 17.6. The lowest BCUT2D eigenvalue weighted by atomic mass is 9.87. The van der Waals surface area contributed by atoms with Gasteiger partial charge in [-0.25, -0.2) is 4.52 Å². The second-order valence-corrected chi connectivity index (χ2v) is 7.18. The quantitative estimate of drug-likeness (QED) is 0.528. The molecule has 1 aliphatic carbocycles. The van der Waals surface area contributed by atoms with Crippen molar-refractivity contribution in [3.63, 3.8) is 0 Å². The maximum atomic E-state index is 12.7. The molecule has 29 heavy (non-hydrogen) atoms. The molecule has 4 aromatic rings. The van der Waals surface area contributed by atoms with Gasteiger partial charge in [-0.3, -0.25) is 4.79 Å². The summed E-state index contributed by atoms with van der Waals surface area (Å²) < 4.78 is 12.6. The van der Waals surface area contributed by atoms with Gasteiger partial charge in [0, 0.05) is 18.8 Å².